The first-order chi connectivity index (χ1) is 9.58. The summed E-state index contributed by atoms with van der Waals surface area (Å²) in [6.45, 7) is 2.40. The highest BCUT2D eigenvalue weighted by Crippen LogP contribution is 2.11. The van der Waals surface area contributed by atoms with Crippen LogP contribution in [0.3, 0.4) is 0 Å². The maximum Gasteiger partial charge on any atom is 0.322 e. The highest BCUT2D eigenvalue weighted by molar-refractivity contribution is 7.09. The van der Waals surface area contributed by atoms with Gasteiger partial charge in [0.2, 0.25) is 5.91 Å². The predicted molar refractivity (Wildman–Crippen MR) is 76.7 cm³/mol. The first kappa shape index (κ1) is 15.0. The van der Waals surface area contributed by atoms with E-state index in [9.17, 15) is 9.59 Å². The van der Waals surface area contributed by atoms with Gasteiger partial charge in [-0.3, -0.25) is 14.5 Å². The summed E-state index contributed by atoms with van der Waals surface area (Å²) in [6, 6.07) is 3.32. The molecule has 1 aliphatic rings. The van der Waals surface area contributed by atoms with Gasteiger partial charge in [-0.1, -0.05) is 6.07 Å². The molecule has 1 amide bonds. The zero-order chi connectivity index (χ0) is 14.5. The lowest BCUT2D eigenvalue weighted by atomic mass is 10.2. The molecule has 1 unspecified atom stereocenters. The third-order valence-electron chi connectivity index (χ3n) is 3.38. The smallest absolute Gasteiger partial charge is 0.322 e. The van der Waals surface area contributed by atoms with Crippen molar-refractivity contribution in [1.29, 1.82) is 0 Å². The molecule has 2 rings (SSSR count). The topological polar surface area (TPSA) is 72.9 Å². The van der Waals surface area contributed by atoms with Crippen molar-refractivity contribution in [3.63, 3.8) is 0 Å². The number of hydrogen-bond donors (Lipinski definition) is 2. The number of rotatable bonds is 5. The molecule has 6 nitrogen and oxygen atoms in total. The zero-order valence-electron chi connectivity index (χ0n) is 11.4. The van der Waals surface area contributed by atoms with Gasteiger partial charge in [-0.25, -0.2) is 0 Å². The summed E-state index contributed by atoms with van der Waals surface area (Å²) in [5, 5.41) is 14.2. The van der Waals surface area contributed by atoms with E-state index in [0.29, 0.717) is 26.2 Å². The van der Waals surface area contributed by atoms with Gasteiger partial charge in [-0.15, -0.1) is 11.3 Å². The molecular weight excluding hydrogens is 278 g/mol. The SMILES string of the molecule is CN(Cc1cccs1)C(=O)CN1CCNCC1C(=O)O. The van der Waals surface area contributed by atoms with E-state index in [1.807, 2.05) is 17.5 Å². The summed E-state index contributed by atoms with van der Waals surface area (Å²) in [6.07, 6.45) is 0. The number of carbonyl (C=O) groups excluding carboxylic acids is 1. The summed E-state index contributed by atoms with van der Waals surface area (Å²) in [7, 11) is 1.75. The molecular formula is C13H19N3O3S. The van der Waals surface area contributed by atoms with E-state index in [2.05, 4.69) is 5.32 Å². The van der Waals surface area contributed by atoms with Crippen molar-refractivity contribution in [2.45, 2.75) is 12.6 Å². The number of hydrogen-bond acceptors (Lipinski definition) is 5. The number of amides is 1. The van der Waals surface area contributed by atoms with Crippen LogP contribution < -0.4 is 5.32 Å². The van der Waals surface area contributed by atoms with Gasteiger partial charge in [0, 0.05) is 31.6 Å². The summed E-state index contributed by atoms with van der Waals surface area (Å²) >= 11 is 1.61. The molecule has 1 saturated heterocycles. The van der Waals surface area contributed by atoms with Crippen LogP contribution in [0.15, 0.2) is 17.5 Å². The number of likely N-dealkylation sites (N-methyl/N-ethyl adjacent to an activating group) is 1. The fraction of sp³-hybridized carbons (Fsp3) is 0.538. The van der Waals surface area contributed by atoms with Gasteiger partial charge in [-0.2, -0.15) is 0 Å². The summed E-state index contributed by atoms with van der Waals surface area (Å²) in [4.78, 5) is 27.8. The second-order valence-corrected chi connectivity index (χ2v) is 5.89. The molecule has 0 bridgehead atoms. The number of carbonyl (C=O) groups is 2. The number of piperazine rings is 1. The van der Waals surface area contributed by atoms with Crippen molar-refractivity contribution in [3.05, 3.63) is 22.4 Å². The number of nitrogens with zero attached hydrogens (tertiary/aromatic N) is 2. The van der Waals surface area contributed by atoms with Crippen LogP contribution in [0.2, 0.25) is 0 Å². The van der Waals surface area contributed by atoms with Crippen LogP contribution in [0.1, 0.15) is 4.88 Å². The van der Waals surface area contributed by atoms with Crippen molar-refractivity contribution >= 4 is 23.2 Å². The molecule has 1 aromatic heterocycles. The van der Waals surface area contributed by atoms with Gasteiger partial charge in [0.15, 0.2) is 0 Å². The minimum absolute atomic E-state index is 0.0495. The number of nitrogens with one attached hydrogen (secondary N) is 1. The number of carboxylic acids is 1. The average Bonchev–Trinajstić information content (AvgIpc) is 2.91. The van der Waals surface area contributed by atoms with Crippen LogP contribution in [0, 0.1) is 0 Å². The Morgan fingerprint density at radius 3 is 3.05 bits per heavy atom. The van der Waals surface area contributed by atoms with Gasteiger partial charge >= 0.3 is 5.97 Å². The number of thiophene rings is 1. The number of carboxylic acid groups (broad SMARTS) is 1. The Bertz CT molecular complexity index is 463. The second kappa shape index (κ2) is 6.83. The quantitative estimate of drug-likeness (QED) is 0.804. The fourth-order valence-electron chi connectivity index (χ4n) is 2.20. The first-order valence-electron chi connectivity index (χ1n) is 6.52. The highest BCUT2D eigenvalue weighted by Gasteiger charge is 2.30. The molecule has 0 spiro atoms. The van der Waals surface area contributed by atoms with Crippen molar-refractivity contribution in [1.82, 2.24) is 15.1 Å². The Morgan fingerprint density at radius 2 is 2.40 bits per heavy atom. The predicted octanol–water partition coefficient (Wildman–Crippen LogP) is 0.0649. The molecule has 1 aliphatic heterocycles. The van der Waals surface area contributed by atoms with E-state index in [1.54, 1.807) is 28.2 Å². The van der Waals surface area contributed by atoms with Crippen LogP contribution in [-0.2, 0) is 16.1 Å². The van der Waals surface area contributed by atoms with Gasteiger partial charge in [0.05, 0.1) is 13.1 Å². The molecule has 1 aromatic rings. The molecule has 0 aromatic carbocycles. The van der Waals surface area contributed by atoms with Crippen LogP contribution >= 0.6 is 11.3 Å². The minimum Gasteiger partial charge on any atom is -0.480 e. The van der Waals surface area contributed by atoms with E-state index < -0.39 is 12.0 Å². The van der Waals surface area contributed by atoms with Crippen LogP contribution in [0.4, 0.5) is 0 Å². The minimum atomic E-state index is -0.883. The van der Waals surface area contributed by atoms with Gasteiger partial charge in [0.25, 0.3) is 0 Å². The Balaban J connectivity index is 1.90. The first-order valence-corrected chi connectivity index (χ1v) is 7.40. The molecule has 1 atom stereocenters. The molecule has 0 radical (unpaired) electrons. The van der Waals surface area contributed by atoms with E-state index in [0.717, 1.165) is 4.88 Å². The third-order valence-corrected chi connectivity index (χ3v) is 4.24. The van der Waals surface area contributed by atoms with Gasteiger partial charge in [-0.05, 0) is 11.4 Å². The van der Waals surface area contributed by atoms with Gasteiger partial charge in [0.1, 0.15) is 6.04 Å². The molecule has 0 saturated carbocycles. The molecule has 20 heavy (non-hydrogen) atoms. The highest BCUT2D eigenvalue weighted by atomic mass is 32.1. The zero-order valence-corrected chi connectivity index (χ0v) is 12.2. The molecule has 110 valence electrons. The van der Waals surface area contributed by atoms with Gasteiger partial charge < -0.3 is 15.3 Å². The van der Waals surface area contributed by atoms with Crippen LogP contribution in [0.25, 0.3) is 0 Å². The monoisotopic (exact) mass is 297 g/mol. The van der Waals surface area contributed by atoms with Crippen molar-refractivity contribution in [3.8, 4) is 0 Å². The summed E-state index contributed by atoms with van der Waals surface area (Å²) in [5.74, 6) is -0.933. The lowest BCUT2D eigenvalue weighted by molar-refractivity contribution is -0.145. The largest absolute Gasteiger partial charge is 0.480 e. The molecule has 2 N–H and O–H groups in total. The standard InChI is InChI=1S/C13H19N3O3S/c1-15(8-10-3-2-6-20-10)12(17)9-16-5-4-14-7-11(16)13(18)19/h2-3,6,11,14H,4-5,7-9H2,1H3,(H,18,19). The Morgan fingerprint density at radius 1 is 1.60 bits per heavy atom. The lowest BCUT2D eigenvalue weighted by Crippen LogP contribution is -2.57. The fourth-order valence-corrected chi connectivity index (χ4v) is 2.96. The summed E-state index contributed by atoms with van der Waals surface area (Å²) in [5.41, 5.74) is 0. The van der Waals surface area contributed by atoms with E-state index in [4.69, 9.17) is 5.11 Å². The van der Waals surface area contributed by atoms with E-state index in [1.165, 1.54) is 0 Å². The molecule has 2 heterocycles. The Kier molecular flexibility index (Phi) is 5.11. The average molecular weight is 297 g/mol. The maximum atomic E-state index is 12.2. The number of aliphatic carboxylic acids is 1. The maximum absolute atomic E-state index is 12.2. The Hall–Kier alpha value is -1.44. The summed E-state index contributed by atoms with van der Waals surface area (Å²) < 4.78 is 0. The lowest BCUT2D eigenvalue weighted by Gasteiger charge is -2.33. The van der Waals surface area contributed by atoms with E-state index in [-0.39, 0.29) is 12.5 Å². The normalized spacial score (nSPS) is 19.8. The van der Waals surface area contributed by atoms with Crippen molar-refractivity contribution in [2.24, 2.45) is 0 Å². The third kappa shape index (κ3) is 3.78. The second-order valence-electron chi connectivity index (χ2n) is 4.86. The van der Waals surface area contributed by atoms with Crippen molar-refractivity contribution < 1.29 is 14.7 Å². The Labute approximate surface area is 122 Å². The van der Waals surface area contributed by atoms with Crippen LogP contribution in [0.5, 0.6) is 0 Å². The van der Waals surface area contributed by atoms with Crippen LogP contribution in [-0.4, -0.2) is 66.1 Å². The van der Waals surface area contributed by atoms with Crippen molar-refractivity contribution in [2.75, 3.05) is 33.2 Å². The van der Waals surface area contributed by atoms with E-state index >= 15 is 0 Å². The molecule has 7 heteroatoms. The molecule has 0 aliphatic carbocycles. The molecule has 1 fully saturated rings.